The number of aliphatic hydroxyl groups excluding tert-OH is 1. The van der Waals surface area contributed by atoms with Crippen LogP contribution in [-0.4, -0.2) is 11.5 Å². The summed E-state index contributed by atoms with van der Waals surface area (Å²) >= 11 is 0. The molecule has 1 rings (SSSR count). The highest BCUT2D eigenvalue weighted by Gasteiger charge is 2.24. The van der Waals surface area contributed by atoms with Gasteiger partial charge in [0, 0.05) is 5.92 Å². The number of benzene rings is 1. The first-order valence-corrected chi connectivity index (χ1v) is 5.49. The average molecular weight is 228 g/mol. The van der Waals surface area contributed by atoms with Crippen molar-refractivity contribution in [1.29, 1.82) is 0 Å². The van der Waals surface area contributed by atoms with Crippen molar-refractivity contribution in [3.63, 3.8) is 0 Å². The van der Waals surface area contributed by atoms with E-state index in [0.717, 1.165) is 5.56 Å². The lowest BCUT2D eigenvalue weighted by Gasteiger charge is -2.18. The fourth-order valence-corrected chi connectivity index (χ4v) is 1.52. The van der Waals surface area contributed by atoms with Crippen LogP contribution in [-0.2, 0) is 0 Å². The Hall–Kier alpha value is -0.960. The lowest BCUT2D eigenvalue weighted by Crippen LogP contribution is -2.16. The van der Waals surface area contributed by atoms with Gasteiger partial charge in [-0.05, 0) is 17.0 Å². The van der Waals surface area contributed by atoms with Crippen LogP contribution < -0.4 is 0 Å². The molecule has 0 aliphatic rings. The number of halogens is 2. The van der Waals surface area contributed by atoms with Gasteiger partial charge in [-0.25, -0.2) is 8.78 Å². The Kier molecular flexibility index (Phi) is 4.42. The number of aliphatic hydroxyl groups is 1. The molecule has 3 heteroatoms. The molecule has 2 unspecified atom stereocenters. The topological polar surface area (TPSA) is 20.2 Å². The van der Waals surface area contributed by atoms with Crippen molar-refractivity contribution in [1.82, 2.24) is 0 Å². The molecule has 0 saturated heterocycles. The van der Waals surface area contributed by atoms with Crippen molar-refractivity contribution in [3.8, 4) is 0 Å². The van der Waals surface area contributed by atoms with Gasteiger partial charge in [0.05, 0.1) is 6.10 Å². The molecule has 0 aliphatic carbocycles. The van der Waals surface area contributed by atoms with Crippen molar-refractivity contribution in [2.45, 2.75) is 39.2 Å². The Bertz CT molecular complexity index is 319. The van der Waals surface area contributed by atoms with Gasteiger partial charge in [-0.15, -0.1) is 0 Å². The van der Waals surface area contributed by atoms with Crippen LogP contribution in [0.5, 0.6) is 0 Å². The Balaban J connectivity index is 2.81. The summed E-state index contributed by atoms with van der Waals surface area (Å²) in [5.74, 6) is -0.636. The molecule has 0 spiro atoms. The molecule has 1 N–H and O–H groups in total. The third-order valence-corrected chi connectivity index (χ3v) is 2.84. The van der Waals surface area contributed by atoms with Crippen LogP contribution in [0.3, 0.4) is 0 Å². The van der Waals surface area contributed by atoms with E-state index < -0.39 is 18.4 Å². The Morgan fingerprint density at radius 1 is 0.938 bits per heavy atom. The maximum atomic E-state index is 12.4. The Labute approximate surface area is 95.1 Å². The van der Waals surface area contributed by atoms with Gasteiger partial charge in [0.15, 0.2) is 0 Å². The molecule has 1 nitrogen and oxygen atoms in total. The molecule has 0 fully saturated rings. The fourth-order valence-electron chi connectivity index (χ4n) is 1.52. The summed E-state index contributed by atoms with van der Waals surface area (Å²) in [4.78, 5) is 0. The lowest BCUT2D eigenvalue weighted by atomic mass is 9.95. The summed E-state index contributed by atoms with van der Waals surface area (Å²) in [5, 5.41) is 9.71. The molecule has 0 aliphatic heterocycles. The van der Waals surface area contributed by atoms with Crippen molar-refractivity contribution in [2.24, 2.45) is 5.92 Å². The first-order valence-electron chi connectivity index (χ1n) is 5.49. The highest BCUT2D eigenvalue weighted by atomic mass is 19.3. The third kappa shape index (κ3) is 3.01. The molecular weight excluding hydrogens is 210 g/mol. The van der Waals surface area contributed by atoms with Crippen molar-refractivity contribution >= 4 is 0 Å². The first kappa shape index (κ1) is 13.1. The second-order valence-electron chi connectivity index (χ2n) is 4.46. The van der Waals surface area contributed by atoms with Crippen molar-refractivity contribution < 1.29 is 13.9 Å². The molecule has 2 atom stereocenters. The van der Waals surface area contributed by atoms with Crippen molar-refractivity contribution in [2.75, 3.05) is 0 Å². The molecule has 0 radical (unpaired) electrons. The number of hydrogen-bond acceptors (Lipinski definition) is 1. The Morgan fingerprint density at radius 3 is 1.75 bits per heavy atom. The van der Waals surface area contributed by atoms with Crippen LogP contribution in [0.1, 0.15) is 43.9 Å². The van der Waals surface area contributed by atoms with Crippen molar-refractivity contribution in [3.05, 3.63) is 35.4 Å². The van der Waals surface area contributed by atoms with Gasteiger partial charge in [-0.2, -0.15) is 0 Å². The largest absolute Gasteiger partial charge is 0.388 e. The van der Waals surface area contributed by atoms with Gasteiger partial charge in [0.2, 0.25) is 6.43 Å². The zero-order chi connectivity index (χ0) is 12.3. The summed E-state index contributed by atoms with van der Waals surface area (Å²) in [6.07, 6.45) is -3.60. The third-order valence-electron chi connectivity index (χ3n) is 2.84. The number of rotatable bonds is 4. The minimum Gasteiger partial charge on any atom is -0.388 e. The van der Waals surface area contributed by atoms with E-state index in [0.29, 0.717) is 11.5 Å². The second kappa shape index (κ2) is 5.39. The summed E-state index contributed by atoms with van der Waals surface area (Å²) in [7, 11) is 0. The lowest BCUT2D eigenvalue weighted by molar-refractivity contribution is 0.000626. The monoisotopic (exact) mass is 228 g/mol. The zero-order valence-corrected chi connectivity index (χ0v) is 9.82. The fraction of sp³-hybridized carbons (Fsp3) is 0.538. The van der Waals surface area contributed by atoms with Gasteiger partial charge >= 0.3 is 0 Å². The molecule has 0 saturated carbocycles. The molecule has 0 heterocycles. The number of alkyl halides is 2. The van der Waals surface area contributed by atoms with Gasteiger partial charge in [0.1, 0.15) is 0 Å². The molecule has 0 bridgehead atoms. The van der Waals surface area contributed by atoms with E-state index in [1.54, 1.807) is 12.1 Å². The first-order chi connectivity index (χ1) is 7.43. The van der Waals surface area contributed by atoms with Crippen LogP contribution in [0.15, 0.2) is 24.3 Å². The molecular formula is C13H18F2O. The van der Waals surface area contributed by atoms with Crippen LogP contribution in [0.2, 0.25) is 0 Å². The van der Waals surface area contributed by atoms with E-state index in [9.17, 15) is 13.9 Å². The maximum absolute atomic E-state index is 12.4. The molecule has 90 valence electrons. The zero-order valence-electron chi connectivity index (χ0n) is 9.82. The quantitative estimate of drug-likeness (QED) is 0.832. The van der Waals surface area contributed by atoms with E-state index in [-0.39, 0.29) is 0 Å². The SMILES string of the molecule is CC(C)c1ccc(C(O)C(C)C(F)F)cc1. The summed E-state index contributed by atoms with van der Waals surface area (Å²) in [6.45, 7) is 5.48. The number of hydrogen-bond donors (Lipinski definition) is 1. The van der Waals surface area contributed by atoms with E-state index >= 15 is 0 Å². The minimum absolute atomic E-state index is 0.402. The summed E-state index contributed by atoms with van der Waals surface area (Å²) in [5.41, 5.74) is 1.69. The van der Waals surface area contributed by atoms with Gasteiger partial charge < -0.3 is 5.11 Å². The predicted molar refractivity (Wildman–Crippen MR) is 60.7 cm³/mol. The molecule has 0 aromatic heterocycles. The normalized spacial score (nSPS) is 15.5. The molecule has 0 amide bonds. The van der Waals surface area contributed by atoms with Gasteiger partial charge in [-0.1, -0.05) is 45.0 Å². The molecule has 1 aromatic rings. The van der Waals surface area contributed by atoms with Crippen LogP contribution in [0.4, 0.5) is 8.78 Å². The van der Waals surface area contributed by atoms with Crippen LogP contribution in [0, 0.1) is 5.92 Å². The summed E-state index contributed by atoms with van der Waals surface area (Å²) < 4.78 is 24.8. The van der Waals surface area contributed by atoms with Gasteiger partial charge in [-0.3, -0.25) is 0 Å². The standard InChI is InChI=1S/C13H18F2O/c1-8(2)10-4-6-11(7-5-10)12(16)9(3)13(14)15/h4-9,12-13,16H,1-3H3. The smallest absolute Gasteiger partial charge is 0.243 e. The van der Waals surface area contributed by atoms with E-state index in [1.165, 1.54) is 6.92 Å². The highest BCUT2D eigenvalue weighted by molar-refractivity contribution is 5.26. The second-order valence-corrected chi connectivity index (χ2v) is 4.46. The van der Waals surface area contributed by atoms with Crippen LogP contribution >= 0.6 is 0 Å². The van der Waals surface area contributed by atoms with E-state index in [1.807, 2.05) is 12.1 Å². The summed E-state index contributed by atoms with van der Waals surface area (Å²) in [6, 6.07) is 7.20. The molecule has 1 aromatic carbocycles. The maximum Gasteiger partial charge on any atom is 0.243 e. The highest BCUT2D eigenvalue weighted by Crippen LogP contribution is 2.27. The Morgan fingerprint density at radius 2 is 1.38 bits per heavy atom. The van der Waals surface area contributed by atoms with E-state index in [2.05, 4.69) is 13.8 Å². The average Bonchev–Trinajstić information content (AvgIpc) is 2.27. The minimum atomic E-state index is -2.50. The van der Waals surface area contributed by atoms with Gasteiger partial charge in [0.25, 0.3) is 0 Å². The molecule has 16 heavy (non-hydrogen) atoms. The van der Waals surface area contributed by atoms with Crippen LogP contribution in [0.25, 0.3) is 0 Å². The predicted octanol–water partition coefficient (Wildman–Crippen LogP) is 3.74. The van der Waals surface area contributed by atoms with E-state index in [4.69, 9.17) is 0 Å².